The van der Waals surface area contributed by atoms with Crippen LogP contribution in [-0.2, 0) is 16.1 Å². The van der Waals surface area contributed by atoms with Crippen LogP contribution in [0.2, 0.25) is 0 Å². The molecule has 0 bridgehead atoms. The lowest BCUT2D eigenvalue weighted by Crippen LogP contribution is -2.52. The smallest absolute Gasteiger partial charge is 0.255 e. The van der Waals surface area contributed by atoms with Gasteiger partial charge in [-0.2, -0.15) is 0 Å². The number of hydrogen-bond donors (Lipinski definition) is 1. The van der Waals surface area contributed by atoms with Crippen molar-refractivity contribution >= 4 is 17.7 Å². The van der Waals surface area contributed by atoms with Crippen LogP contribution in [0.1, 0.15) is 74.2 Å². The van der Waals surface area contributed by atoms with E-state index in [0.29, 0.717) is 25.1 Å². The third-order valence-corrected chi connectivity index (χ3v) is 5.29. The lowest BCUT2D eigenvalue weighted by atomic mass is 10.0. The zero-order valence-corrected chi connectivity index (χ0v) is 16.0. The Morgan fingerprint density at radius 1 is 1.11 bits per heavy atom. The van der Waals surface area contributed by atoms with E-state index in [1.807, 2.05) is 12.1 Å². The largest absolute Gasteiger partial charge is 0.493 e. The van der Waals surface area contributed by atoms with Gasteiger partial charge in [0.2, 0.25) is 11.8 Å². The average molecular weight is 372 g/mol. The van der Waals surface area contributed by atoms with Gasteiger partial charge in [0.05, 0.1) is 13.2 Å². The fourth-order valence-corrected chi connectivity index (χ4v) is 3.76. The zero-order chi connectivity index (χ0) is 19.2. The van der Waals surface area contributed by atoms with Crippen molar-refractivity contribution in [2.24, 2.45) is 0 Å². The SMILES string of the molecule is CCCCCCCCOc1cccc2c1CN(C1CCC(=O)NC1=O)C2=O. The van der Waals surface area contributed by atoms with Crippen molar-refractivity contribution in [2.75, 3.05) is 6.61 Å². The monoisotopic (exact) mass is 372 g/mol. The van der Waals surface area contributed by atoms with E-state index in [-0.39, 0.29) is 24.1 Å². The Balaban J connectivity index is 1.59. The molecule has 1 unspecified atom stereocenters. The molecule has 6 heteroatoms. The number of carbonyl (C=O) groups excluding carboxylic acids is 3. The minimum absolute atomic E-state index is 0.162. The molecule has 0 saturated carbocycles. The number of nitrogens with one attached hydrogen (secondary N) is 1. The van der Waals surface area contributed by atoms with Crippen molar-refractivity contribution in [3.05, 3.63) is 29.3 Å². The molecule has 6 nitrogen and oxygen atoms in total. The fourth-order valence-electron chi connectivity index (χ4n) is 3.76. The van der Waals surface area contributed by atoms with Crippen molar-refractivity contribution in [3.8, 4) is 5.75 Å². The van der Waals surface area contributed by atoms with Crippen LogP contribution in [0.4, 0.5) is 0 Å². The standard InChI is InChI=1S/C21H28N2O4/c1-2-3-4-5-6-7-13-27-18-10-8-9-15-16(18)14-23(21(15)26)17-11-12-19(24)22-20(17)25/h8-10,17H,2-7,11-14H2,1H3,(H,22,24,25). The molecule has 3 rings (SSSR count). The molecule has 1 aromatic rings. The Morgan fingerprint density at radius 2 is 1.89 bits per heavy atom. The summed E-state index contributed by atoms with van der Waals surface area (Å²) in [6.45, 7) is 3.20. The zero-order valence-electron chi connectivity index (χ0n) is 16.0. The normalized spacial score (nSPS) is 19.2. The van der Waals surface area contributed by atoms with E-state index in [2.05, 4.69) is 12.2 Å². The van der Waals surface area contributed by atoms with Crippen molar-refractivity contribution in [2.45, 2.75) is 70.9 Å². The van der Waals surface area contributed by atoms with Crippen LogP contribution in [0.15, 0.2) is 18.2 Å². The maximum atomic E-state index is 12.8. The number of carbonyl (C=O) groups is 3. The molecule has 2 heterocycles. The molecule has 27 heavy (non-hydrogen) atoms. The second kappa shape index (κ2) is 9.02. The number of piperidine rings is 1. The molecule has 3 amide bonds. The van der Waals surface area contributed by atoms with Crippen LogP contribution in [0.5, 0.6) is 5.75 Å². The highest BCUT2D eigenvalue weighted by Crippen LogP contribution is 2.33. The summed E-state index contributed by atoms with van der Waals surface area (Å²) in [5.74, 6) is -0.0981. The highest BCUT2D eigenvalue weighted by atomic mass is 16.5. The Labute approximate surface area is 160 Å². The first-order valence-corrected chi connectivity index (χ1v) is 10.0. The number of imide groups is 1. The van der Waals surface area contributed by atoms with E-state index in [9.17, 15) is 14.4 Å². The number of hydrogen-bond acceptors (Lipinski definition) is 4. The molecule has 0 radical (unpaired) electrons. The Kier molecular flexibility index (Phi) is 6.48. The molecular formula is C21H28N2O4. The van der Waals surface area contributed by atoms with Crippen LogP contribution >= 0.6 is 0 Å². The van der Waals surface area contributed by atoms with Gasteiger partial charge in [0.1, 0.15) is 11.8 Å². The van der Waals surface area contributed by atoms with Gasteiger partial charge in [-0.15, -0.1) is 0 Å². The first-order valence-electron chi connectivity index (χ1n) is 10.0. The second-order valence-electron chi connectivity index (χ2n) is 7.30. The summed E-state index contributed by atoms with van der Waals surface area (Å²) in [5.41, 5.74) is 1.44. The Bertz CT molecular complexity index is 716. The predicted octanol–water partition coefficient (Wildman–Crippen LogP) is 3.19. The van der Waals surface area contributed by atoms with Gasteiger partial charge in [0, 0.05) is 17.5 Å². The van der Waals surface area contributed by atoms with Gasteiger partial charge in [-0.1, -0.05) is 45.1 Å². The molecule has 1 fully saturated rings. The molecule has 0 aromatic heterocycles. The number of amides is 3. The summed E-state index contributed by atoms with van der Waals surface area (Å²) in [4.78, 5) is 37.8. The van der Waals surface area contributed by atoms with Crippen LogP contribution in [-0.4, -0.2) is 35.3 Å². The highest BCUT2D eigenvalue weighted by molar-refractivity contribution is 6.05. The van der Waals surface area contributed by atoms with Crippen molar-refractivity contribution in [1.29, 1.82) is 0 Å². The average Bonchev–Trinajstić information content (AvgIpc) is 2.98. The third kappa shape index (κ3) is 4.49. The molecule has 1 saturated heterocycles. The van der Waals surface area contributed by atoms with Crippen molar-refractivity contribution in [1.82, 2.24) is 10.2 Å². The summed E-state index contributed by atoms with van der Waals surface area (Å²) < 4.78 is 5.95. The van der Waals surface area contributed by atoms with Crippen LogP contribution in [0.3, 0.4) is 0 Å². The molecule has 1 atom stereocenters. The molecule has 0 spiro atoms. The minimum atomic E-state index is -0.589. The lowest BCUT2D eigenvalue weighted by molar-refractivity contribution is -0.136. The second-order valence-corrected chi connectivity index (χ2v) is 7.30. The van der Waals surface area contributed by atoms with Crippen LogP contribution in [0, 0.1) is 0 Å². The molecule has 2 aliphatic heterocycles. The molecule has 2 aliphatic rings. The van der Waals surface area contributed by atoms with E-state index >= 15 is 0 Å². The van der Waals surface area contributed by atoms with E-state index < -0.39 is 6.04 Å². The van der Waals surface area contributed by atoms with E-state index in [0.717, 1.165) is 24.2 Å². The summed E-state index contributed by atoms with van der Waals surface area (Å²) >= 11 is 0. The van der Waals surface area contributed by atoms with Gasteiger partial charge in [-0.3, -0.25) is 19.7 Å². The van der Waals surface area contributed by atoms with Crippen molar-refractivity contribution in [3.63, 3.8) is 0 Å². The number of rotatable bonds is 9. The fraction of sp³-hybridized carbons (Fsp3) is 0.571. The number of fused-ring (bicyclic) bond motifs is 1. The Hall–Kier alpha value is -2.37. The van der Waals surface area contributed by atoms with Gasteiger partial charge in [-0.25, -0.2) is 0 Å². The van der Waals surface area contributed by atoms with E-state index in [1.54, 1.807) is 11.0 Å². The quantitative estimate of drug-likeness (QED) is 0.534. The lowest BCUT2D eigenvalue weighted by Gasteiger charge is -2.29. The summed E-state index contributed by atoms with van der Waals surface area (Å²) in [6, 6.07) is 4.90. The van der Waals surface area contributed by atoms with E-state index in [4.69, 9.17) is 4.74 Å². The number of ether oxygens (including phenoxy) is 1. The molecular weight excluding hydrogens is 344 g/mol. The predicted molar refractivity (Wildman–Crippen MR) is 101 cm³/mol. The topological polar surface area (TPSA) is 75.7 Å². The third-order valence-electron chi connectivity index (χ3n) is 5.29. The van der Waals surface area contributed by atoms with Gasteiger partial charge in [0.25, 0.3) is 5.91 Å². The van der Waals surface area contributed by atoms with E-state index in [1.165, 1.54) is 25.7 Å². The molecule has 1 N–H and O–H groups in total. The summed E-state index contributed by atoms with van der Waals surface area (Å²) in [7, 11) is 0. The maximum Gasteiger partial charge on any atom is 0.255 e. The minimum Gasteiger partial charge on any atom is -0.493 e. The number of unbranched alkanes of at least 4 members (excludes halogenated alkanes) is 5. The number of nitrogens with zero attached hydrogens (tertiary/aromatic N) is 1. The van der Waals surface area contributed by atoms with Crippen molar-refractivity contribution < 1.29 is 19.1 Å². The molecule has 146 valence electrons. The summed E-state index contributed by atoms with van der Waals surface area (Å²) in [5, 5.41) is 2.33. The molecule has 1 aromatic carbocycles. The number of benzene rings is 1. The van der Waals surface area contributed by atoms with Crippen LogP contribution in [0.25, 0.3) is 0 Å². The maximum absolute atomic E-state index is 12.8. The Morgan fingerprint density at radius 3 is 2.67 bits per heavy atom. The first kappa shape index (κ1) is 19.4. The van der Waals surface area contributed by atoms with Crippen LogP contribution < -0.4 is 10.1 Å². The first-order chi connectivity index (χ1) is 13.1. The summed E-state index contributed by atoms with van der Waals surface area (Å²) in [6.07, 6.45) is 7.80. The van der Waals surface area contributed by atoms with Gasteiger partial charge in [0.15, 0.2) is 0 Å². The molecule has 0 aliphatic carbocycles. The van der Waals surface area contributed by atoms with Gasteiger partial charge < -0.3 is 9.64 Å². The highest BCUT2D eigenvalue weighted by Gasteiger charge is 2.40. The van der Waals surface area contributed by atoms with Gasteiger partial charge >= 0.3 is 0 Å². The van der Waals surface area contributed by atoms with Gasteiger partial charge in [-0.05, 0) is 25.0 Å².